The van der Waals surface area contributed by atoms with E-state index in [9.17, 15) is 4.79 Å². The Hall–Kier alpha value is -1.31. The maximum Gasteiger partial charge on any atom is 0.140 e. The van der Waals surface area contributed by atoms with Crippen LogP contribution in [0, 0.1) is 5.41 Å². The maximum atomic E-state index is 11.7. The van der Waals surface area contributed by atoms with Crippen LogP contribution < -0.4 is 4.74 Å². The van der Waals surface area contributed by atoms with Crippen LogP contribution in [0.4, 0.5) is 0 Å². The summed E-state index contributed by atoms with van der Waals surface area (Å²) in [6.07, 6.45) is 1.61. The predicted molar refractivity (Wildman–Crippen MR) is 63.8 cm³/mol. The number of benzene rings is 1. The second kappa shape index (κ2) is 3.93. The van der Waals surface area contributed by atoms with Crippen molar-refractivity contribution in [3.63, 3.8) is 0 Å². The van der Waals surface area contributed by atoms with Gasteiger partial charge in [0.15, 0.2) is 0 Å². The van der Waals surface area contributed by atoms with Gasteiger partial charge >= 0.3 is 0 Å². The number of ether oxygens (including phenoxy) is 1. The summed E-state index contributed by atoms with van der Waals surface area (Å²) in [6.45, 7) is 4.17. The molecule has 0 aromatic heterocycles. The van der Waals surface area contributed by atoms with Gasteiger partial charge in [0.05, 0.1) is 7.11 Å². The lowest BCUT2D eigenvalue weighted by atomic mass is 9.56. The summed E-state index contributed by atoms with van der Waals surface area (Å²) >= 11 is 0. The van der Waals surface area contributed by atoms with Gasteiger partial charge in [0.1, 0.15) is 11.5 Å². The first-order valence-corrected chi connectivity index (χ1v) is 5.79. The summed E-state index contributed by atoms with van der Waals surface area (Å²) in [5.74, 6) is 1.65. The number of hydrogen-bond donors (Lipinski definition) is 0. The summed E-state index contributed by atoms with van der Waals surface area (Å²) in [5.41, 5.74) is 1.11. The summed E-state index contributed by atoms with van der Waals surface area (Å²) < 4.78 is 5.13. The van der Waals surface area contributed by atoms with E-state index in [1.807, 2.05) is 12.1 Å². The van der Waals surface area contributed by atoms with Crippen LogP contribution in [0.2, 0.25) is 0 Å². The number of hydrogen-bond acceptors (Lipinski definition) is 2. The molecule has 0 heterocycles. The minimum Gasteiger partial charge on any atom is -0.497 e. The molecule has 16 heavy (non-hydrogen) atoms. The van der Waals surface area contributed by atoms with Crippen LogP contribution in [0.25, 0.3) is 0 Å². The Bertz CT molecular complexity index is 394. The third-order valence-electron chi connectivity index (χ3n) is 4.05. The van der Waals surface area contributed by atoms with E-state index in [1.165, 1.54) is 5.56 Å². The van der Waals surface area contributed by atoms with Crippen LogP contribution in [0.15, 0.2) is 24.3 Å². The number of carbonyl (C=O) groups excluding carboxylic acids is 1. The molecule has 1 fully saturated rings. The fraction of sp³-hybridized carbons (Fsp3) is 0.500. The molecule has 2 rings (SSSR count). The molecular formula is C14H18O2. The van der Waals surface area contributed by atoms with Crippen molar-refractivity contribution >= 4 is 5.78 Å². The quantitative estimate of drug-likeness (QED) is 0.779. The highest BCUT2D eigenvalue weighted by Gasteiger charge is 2.49. The molecule has 1 saturated carbocycles. The summed E-state index contributed by atoms with van der Waals surface area (Å²) in [6, 6.07) is 8.08. The lowest BCUT2D eigenvalue weighted by molar-refractivity contribution is -0.139. The molecule has 1 aromatic carbocycles. The van der Waals surface area contributed by atoms with Crippen molar-refractivity contribution in [3.05, 3.63) is 29.8 Å². The fourth-order valence-corrected chi connectivity index (χ4v) is 2.47. The lowest BCUT2D eigenvalue weighted by Crippen LogP contribution is -2.45. The molecule has 0 spiro atoms. The number of methoxy groups -OCH3 is 1. The molecule has 2 nitrogen and oxygen atoms in total. The molecule has 1 aromatic rings. The molecule has 1 aliphatic carbocycles. The summed E-state index contributed by atoms with van der Waals surface area (Å²) in [7, 11) is 1.66. The highest BCUT2D eigenvalue weighted by Crippen LogP contribution is 2.51. The van der Waals surface area contributed by atoms with E-state index in [4.69, 9.17) is 4.74 Å². The largest absolute Gasteiger partial charge is 0.497 e. The van der Waals surface area contributed by atoms with Gasteiger partial charge in [0, 0.05) is 17.8 Å². The number of ketones is 1. The van der Waals surface area contributed by atoms with Crippen molar-refractivity contribution in [2.75, 3.05) is 7.11 Å². The zero-order chi connectivity index (χ0) is 11.8. The molecule has 1 aliphatic rings. The Morgan fingerprint density at radius 2 is 2.00 bits per heavy atom. The van der Waals surface area contributed by atoms with Crippen molar-refractivity contribution < 1.29 is 9.53 Å². The molecule has 0 amide bonds. The van der Waals surface area contributed by atoms with Gasteiger partial charge in [-0.15, -0.1) is 0 Å². The molecule has 0 saturated heterocycles. The van der Waals surface area contributed by atoms with Crippen LogP contribution in [0.3, 0.4) is 0 Å². The fourth-order valence-electron chi connectivity index (χ4n) is 2.47. The van der Waals surface area contributed by atoms with Crippen molar-refractivity contribution in [3.8, 4) is 5.75 Å². The minimum absolute atomic E-state index is 0.144. The van der Waals surface area contributed by atoms with E-state index in [1.54, 1.807) is 7.11 Å². The molecule has 86 valence electrons. The zero-order valence-corrected chi connectivity index (χ0v) is 10.1. The highest BCUT2D eigenvalue weighted by atomic mass is 16.5. The van der Waals surface area contributed by atoms with Crippen LogP contribution >= 0.6 is 0 Å². The van der Waals surface area contributed by atoms with Crippen LogP contribution in [-0.4, -0.2) is 12.9 Å². The van der Waals surface area contributed by atoms with E-state index >= 15 is 0 Å². The van der Waals surface area contributed by atoms with Gasteiger partial charge in [0.2, 0.25) is 0 Å². The van der Waals surface area contributed by atoms with Crippen LogP contribution in [-0.2, 0) is 4.79 Å². The average Bonchev–Trinajstić information content (AvgIpc) is 2.35. The Balaban J connectivity index is 2.22. The topological polar surface area (TPSA) is 26.3 Å². The van der Waals surface area contributed by atoms with E-state index in [0.717, 1.165) is 12.2 Å². The van der Waals surface area contributed by atoms with Gasteiger partial charge in [-0.1, -0.05) is 26.0 Å². The molecule has 2 unspecified atom stereocenters. The summed E-state index contributed by atoms with van der Waals surface area (Å²) in [5, 5.41) is 0. The predicted octanol–water partition coefficient (Wildman–Crippen LogP) is 3.17. The second-order valence-electron chi connectivity index (χ2n) is 4.72. The zero-order valence-electron chi connectivity index (χ0n) is 10.1. The Morgan fingerprint density at radius 3 is 2.44 bits per heavy atom. The van der Waals surface area contributed by atoms with Crippen molar-refractivity contribution in [1.82, 2.24) is 0 Å². The first-order valence-electron chi connectivity index (χ1n) is 5.79. The molecule has 2 heteroatoms. The molecule has 0 aliphatic heterocycles. The number of Topliss-reactive ketones (excluding diaryl/α,β-unsaturated/α-hetero) is 1. The molecule has 0 bridgehead atoms. The molecule has 0 N–H and O–H groups in total. The normalized spacial score (nSPS) is 28.7. The Kier molecular flexibility index (Phi) is 2.75. The first-order chi connectivity index (χ1) is 7.61. The Morgan fingerprint density at radius 1 is 1.38 bits per heavy atom. The van der Waals surface area contributed by atoms with E-state index in [2.05, 4.69) is 26.0 Å². The third-order valence-corrected chi connectivity index (χ3v) is 4.05. The smallest absolute Gasteiger partial charge is 0.140 e. The third kappa shape index (κ3) is 1.53. The SMILES string of the molecule is CCC1(C)C(=O)CC1c1ccc(OC)cc1. The van der Waals surface area contributed by atoms with Crippen molar-refractivity contribution in [1.29, 1.82) is 0 Å². The monoisotopic (exact) mass is 218 g/mol. The lowest BCUT2D eigenvalue weighted by Gasteiger charge is -2.45. The van der Waals surface area contributed by atoms with Gasteiger partial charge in [-0.2, -0.15) is 0 Å². The van der Waals surface area contributed by atoms with E-state index < -0.39 is 0 Å². The Labute approximate surface area is 96.6 Å². The van der Waals surface area contributed by atoms with Gasteiger partial charge in [-0.3, -0.25) is 4.79 Å². The van der Waals surface area contributed by atoms with Gasteiger partial charge in [-0.05, 0) is 24.1 Å². The first kappa shape index (κ1) is 11.2. The van der Waals surface area contributed by atoms with Gasteiger partial charge < -0.3 is 4.74 Å². The second-order valence-corrected chi connectivity index (χ2v) is 4.72. The van der Waals surface area contributed by atoms with Gasteiger partial charge in [0.25, 0.3) is 0 Å². The van der Waals surface area contributed by atoms with Crippen LogP contribution in [0.5, 0.6) is 5.75 Å². The molecule has 0 radical (unpaired) electrons. The average molecular weight is 218 g/mol. The van der Waals surface area contributed by atoms with E-state index in [-0.39, 0.29) is 5.41 Å². The van der Waals surface area contributed by atoms with Crippen LogP contribution in [0.1, 0.15) is 38.2 Å². The number of rotatable bonds is 3. The molecular weight excluding hydrogens is 200 g/mol. The van der Waals surface area contributed by atoms with Crippen molar-refractivity contribution in [2.24, 2.45) is 5.41 Å². The standard InChI is InChI=1S/C14H18O2/c1-4-14(2)12(9-13(14)15)10-5-7-11(16-3)8-6-10/h5-8,12H,4,9H2,1-3H3. The summed E-state index contributed by atoms with van der Waals surface area (Å²) in [4.78, 5) is 11.7. The highest BCUT2D eigenvalue weighted by molar-refractivity contribution is 5.93. The minimum atomic E-state index is -0.144. The van der Waals surface area contributed by atoms with Crippen molar-refractivity contribution in [2.45, 2.75) is 32.6 Å². The van der Waals surface area contributed by atoms with Gasteiger partial charge in [-0.25, -0.2) is 0 Å². The molecule has 2 atom stereocenters. The van der Waals surface area contributed by atoms with E-state index in [0.29, 0.717) is 18.1 Å². The maximum absolute atomic E-state index is 11.7. The number of carbonyl (C=O) groups is 1.